The minimum atomic E-state index is -3.05. The van der Waals surface area contributed by atoms with Gasteiger partial charge in [0.15, 0.2) is 0 Å². The van der Waals surface area contributed by atoms with Gasteiger partial charge in [0.25, 0.3) is 0 Å². The summed E-state index contributed by atoms with van der Waals surface area (Å²) in [7, 11) is -3.05. The van der Waals surface area contributed by atoms with Crippen LogP contribution in [0, 0.1) is 0 Å². The van der Waals surface area contributed by atoms with Gasteiger partial charge in [-0.2, -0.15) is 4.31 Å². The highest BCUT2D eigenvalue weighted by Gasteiger charge is 2.27. The summed E-state index contributed by atoms with van der Waals surface area (Å²) in [6.07, 6.45) is 3.94. The van der Waals surface area contributed by atoms with Gasteiger partial charge in [0.1, 0.15) is 0 Å². The molecule has 21 heavy (non-hydrogen) atoms. The third-order valence-electron chi connectivity index (χ3n) is 4.31. The lowest BCUT2D eigenvalue weighted by Gasteiger charge is -2.37. The Kier molecular flexibility index (Phi) is 8.78. The van der Waals surface area contributed by atoms with Crippen molar-refractivity contribution in [3.63, 3.8) is 0 Å². The van der Waals surface area contributed by atoms with E-state index < -0.39 is 10.0 Å². The fraction of sp³-hybridized carbons (Fsp3) is 1.00. The fourth-order valence-corrected chi connectivity index (χ4v) is 4.19. The summed E-state index contributed by atoms with van der Waals surface area (Å²) < 4.78 is 26.3. The van der Waals surface area contributed by atoms with Crippen molar-refractivity contribution in [2.75, 3.05) is 45.0 Å². The van der Waals surface area contributed by atoms with Crippen molar-refractivity contribution in [1.82, 2.24) is 14.5 Å². The fourth-order valence-electron chi connectivity index (χ4n) is 2.65. The molecule has 126 valence electrons. The average Bonchev–Trinajstić information content (AvgIpc) is 2.50. The molecular formula is C15H33N3O2S. The molecule has 1 fully saturated rings. The van der Waals surface area contributed by atoms with E-state index >= 15 is 0 Å². The van der Waals surface area contributed by atoms with Crippen molar-refractivity contribution >= 4 is 10.0 Å². The summed E-state index contributed by atoms with van der Waals surface area (Å²) in [5.41, 5.74) is 0. The molecule has 1 heterocycles. The third kappa shape index (κ3) is 6.63. The van der Waals surface area contributed by atoms with E-state index in [2.05, 4.69) is 31.0 Å². The number of sulfonamides is 1. The smallest absolute Gasteiger partial charge is 0.214 e. The Morgan fingerprint density at radius 3 is 2.29 bits per heavy atom. The molecule has 0 amide bonds. The highest BCUT2D eigenvalue weighted by atomic mass is 32.2. The Hall–Kier alpha value is -0.170. The minimum absolute atomic E-state index is 0.296. The zero-order valence-corrected chi connectivity index (χ0v) is 14.8. The molecule has 1 saturated heterocycles. The highest BCUT2D eigenvalue weighted by molar-refractivity contribution is 7.89. The SMILES string of the molecule is CCCNCCCCS(=O)(=O)N1CCN(C(C)CC)CC1. The van der Waals surface area contributed by atoms with Gasteiger partial charge in [0, 0.05) is 32.2 Å². The van der Waals surface area contributed by atoms with Gasteiger partial charge < -0.3 is 5.32 Å². The van der Waals surface area contributed by atoms with Crippen molar-refractivity contribution in [1.29, 1.82) is 0 Å². The van der Waals surface area contributed by atoms with Gasteiger partial charge >= 0.3 is 0 Å². The zero-order valence-electron chi connectivity index (χ0n) is 14.0. The van der Waals surface area contributed by atoms with Crippen LogP contribution in [0.2, 0.25) is 0 Å². The number of nitrogens with one attached hydrogen (secondary N) is 1. The summed E-state index contributed by atoms with van der Waals surface area (Å²) in [6.45, 7) is 11.5. The van der Waals surface area contributed by atoms with E-state index in [0.717, 1.165) is 51.9 Å². The predicted molar refractivity (Wildman–Crippen MR) is 89.1 cm³/mol. The second kappa shape index (κ2) is 9.77. The van der Waals surface area contributed by atoms with E-state index in [4.69, 9.17) is 0 Å². The molecule has 1 atom stereocenters. The predicted octanol–water partition coefficient (Wildman–Crippen LogP) is 1.51. The van der Waals surface area contributed by atoms with Crippen molar-refractivity contribution < 1.29 is 8.42 Å². The summed E-state index contributed by atoms with van der Waals surface area (Å²) in [5, 5.41) is 3.31. The first-order chi connectivity index (χ1) is 10.0. The Balaban J connectivity index is 2.26. The zero-order chi connectivity index (χ0) is 15.7. The Labute approximate surface area is 131 Å². The van der Waals surface area contributed by atoms with Crippen LogP contribution in [0.25, 0.3) is 0 Å². The lowest BCUT2D eigenvalue weighted by molar-refractivity contribution is 0.142. The van der Waals surface area contributed by atoms with Gasteiger partial charge in [-0.25, -0.2) is 8.42 Å². The van der Waals surface area contributed by atoms with Crippen molar-refractivity contribution in [2.24, 2.45) is 0 Å². The number of rotatable bonds is 10. The summed E-state index contributed by atoms with van der Waals surface area (Å²) in [6, 6.07) is 0.555. The van der Waals surface area contributed by atoms with Crippen molar-refractivity contribution in [3.8, 4) is 0 Å². The van der Waals surface area contributed by atoms with Crippen LogP contribution in [0.3, 0.4) is 0 Å². The molecule has 0 bridgehead atoms. The van der Waals surface area contributed by atoms with Gasteiger partial charge in [-0.15, -0.1) is 0 Å². The standard InChI is InChI=1S/C15H33N3O2S/c1-4-8-16-9-6-7-14-21(19,20)18-12-10-17(11-13-18)15(3)5-2/h15-16H,4-14H2,1-3H3. The van der Waals surface area contributed by atoms with Crippen LogP contribution in [-0.4, -0.2) is 68.7 Å². The molecule has 1 rings (SSSR count). The molecule has 5 nitrogen and oxygen atoms in total. The van der Waals surface area contributed by atoms with Crippen LogP contribution in [-0.2, 0) is 10.0 Å². The molecule has 1 unspecified atom stereocenters. The number of hydrogen-bond acceptors (Lipinski definition) is 4. The molecule has 0 aliphatic carbocycles. The monoisotopic (exact) mass is 319 g/mol. The second-order valence-corrected chi connectivity index (χ2v) is 8.05. The Bertz CT molecular complexity index is 365. The first-order valence-electron chi connectivity index (χ1n) is 8.43. The van der Waals surface area contributed by atoms with Crippen LogP contribution in [0.15, 0.2) is 0 Å². The van der Waals surface area contributed by atoms with E-state index in [9.17, 15) is 8.42 Å². The normalized spacial score (nSPS) is 19.8. The maximum Gasteiger partial charge on any atom is 0.214 e. The van der Waals surface area contributed by atoms with Crippen LogP contribution < -0.4 is 5.32 Å². The molecule has 0 aromatic carbocycles. The molecule has 0 saturated carbocycles. The molecule has 0 radical (unpaired) electrons. The first-order valence-corrected chi connectivity index (χ1v) is 10.0. The molecule has 1 aliphatic heterocycles. The van der Waals surface area contributed by atoms with Crippen LogP contribution in [0.4, 0.5) is 0 Å². The van der Waals surface area contributed by atoms with Crippen LogP contribution in [0.1, 0.15) is 46.5 Å². The quantitative estimate of drug-likeness (QED) is 0.620. The molecule has 0 spiro atoms. The Morgan fingerprint density at radius 1 is 1.05 bits per heavy atom. The second-order valence-electron chi connectivity index (χ2n) is 5.97. The summed E-state index contributed by atoms with van der Waals surface area (Å²) in [5.74, 6) is 0.296. The maximum atomic E-state index is 12.3. The molecular weight excluding hydrogens is 286 g/mol. The van der Waals surface area contributed by atoms with E-state index in [1.165, 1.54) is 0 Å². The van der Waals surface area contributed by atoms with E-state index in [1.54, 1.807) is 4.31 Å². The van der Waals surface area contributed by atoms with Gasteiger partial charge in [0.2, 0.25) is 10.0 Å². The topological polar surface area (TPSA) is 52.7 Å². The number of piperazine rings is 1. The van der Waals surface area contributed by atoms with Gasteiger partial charge in [0.05, 0.1) is 5.75 Å². The van der Waals surface area contributed by atoms with Gasteiger partial charge in [-0.05, 0) is 45.7 Å². The third-order valence-corrected chi connectivity index (χ3v) is 6.27. The number of nitrogens with zero attached hydrogens (tertiary/aromatic N) is 2. The summed E-state index contributed by atoms with van der Waals surface area (Å²) >= 11 is 0. The van der Waals surface area contributed by atoms with E-state index in [0.29, 0.717) is 24.9 Å². The Morgan fingerprint density at radius 2 is 1.71 bits per heavy atom. The molecule has 0 aromatic heterocycles. The molecule has 6 heteroatoms. The largest absolute Gasteiger partial charge is 0.317 e. The van der Waals surface area contributed by atoms with Crippen LogP contribution >= 0.6 is 0 Å². The lowest BCUT2D eigenvalue weighted by Crippen LogP contribution is -2.51. The van der Waals surface area contributed by atoms with E-state index in [-0.39, 0.29) is 0 Å². The van der Waals surface area contributed by atoms with Crippen molar-refractivity contribution in [2.45, 2.75) is 52.5 Å². The first kappa shape index (κ1) is 18.9. The van der Waals surface area contributed by atoms with Gasteiger partial charge in [-0.3, -0.25) is 4.90 Å². The maximum absolute atomic E-state index is 12.3. The molecule has 0 aromatic rings. The average molecular weight is 320 g/mol. The van der Waals surface area contributed by atoms with Crippen LogP contribution in [0.5, 0.6) is 0 Å². The number of hydrogen-bond donors (Lipinski definition) is 1. The summed E-state index contributed by atoms with van der Waals surface area (Å²) in [4.78, 5) is 2.39. The lowest BCUT2D eigenvalue weighted by atomic mass is 10.2. The van der Waals surface area contributed by atoms with Crippen molar-refractivity contribution in [3.05, 3.63) is 0 Å². The molecule has 1 aliphatic rings. The number of unbranched alkanes of at least 4 members (excludes halogenated alkanes) is 1. The van der Waals surface area contributed by atoms with E-state index in [1.807, 2.05) is 0 Å². The minimum Gasteiger partial charge on any atom is -0.317 e. The molecule has 1 N–H and O–H groups in total. The van der Waals surface area contributed by atoms with Gasteiger partial charge in [-0.1, -0.05) is 13.8 Å². The highest BCUT2D eigenvalue weighted by Crippen LogP contribution is 2.13.